The van der Waals surface area contributed by atoms with Crippen molar-refractivity contribution in [2.75, 3.05) is 19.7 Å². The average Bonchev–Trinajstić information content (AvgIpc) is 2.52. The average molecular weight is 286 g/mol. The molecule has 1 heterocycles. The quantitative estimate of drug-likeness (QED) is 0.841. The van der Waals surface area contributed by atoms with Gasteiger partial charge in [-0.25, -0.2) is 0 Å². The Morgan fingerprint density at radius 2 is 2.14 bits per heavy atom. The molecule has 0 spiro atoms. The molecule has 0 bridgehead atoms. The summed E-state index contributed by atoms with van der Waals surface area (Å²) >= 11 is 0. The van der Waals surface area contributed by atoms with Crippen LogP contribution in [-0.4, -0.2) is 42.6 Å². The third-order valence-corrected chi connectivity index (χ3v) is 3.67. The predicted molar refractivity (Wildman–Crippen MR) is 82.9 cm³/mol. The van der Waals surface area contributed by atoms with Gasteiger partial charge in [-0.3, -0.25) is 4.79 Å². The summed E-state index contributed by atoms with van der Waals surface area (Å²) in [5.74, 6) is 5.83. The molecule has 112 valence electrons. The van der Waals surface area contributed by atoms with Gasteiger partial charge in [0.05, 0.1) is 25.3 Å². The van der Waals surface area contributed by atoms with E-state index in [1.807, 2.05) is 36.1 Å². The molecule has 4 heteroatoms. The van der Waals surface area contributed by atoms with Crippen LogP contribution in [0, 0.1) is 11.8 Å². The fourth-order valence-corrected chi connectivity index (χ4v) is 2.45. The van der Waals surface area contributed by atoms with Crippen LogP contribution in [0.1, 0.15) is 36.2 Å². The minimum absolute atomic E-state index is 0.0651. The lowest BCUT2D eigenvalue weighted by molar-refractivity contribution is -0.0444. The molecule has 1 aromatic rings. The second-order valence-corrected chi connectivity index (χ2v) is 5.25. The first-order valence-electron chi connectivity index (χ1n) is 7.37. The second kappa shape index (κ2) is 7.26. The van der Waals surface area contributed by atoms with Crippen LogP contribution in [0.5, 0.6) is 0 Å². The van der Waals surface area contributed by atoms with Crippen LogP contribution in [-0.2, 0) is 4.74 Å². The number of amides is 1. The molecule has 0 saturated carbocycles. The van der Waals surface area contributed by atoms with Gasteiger partial charge in [-0.05, 0) is 37.6 Å². The number of carbonyl (C=O) groups excluding carboxylic acids is 1. The normalized spacial score (nSPS) is 21.6. The lowest BCUT2D eigenvalue weighted by atomic mass is 10.1. The van der Waals surface area contributed by atoms with Crippen molar-refractivity contribution in [2.24, 2.45) is 5.73 Å². The molecule has 1 saturated heterocycles. The summed E-state index contributed by atoms with van der Waals surface area (Å²) in [5, 5.41) is 0. The number of hydrogen-bond acceptors (Lipinski definition) is 3. The highest BCUT2D eigenvalue weighted by atomic mass is 16.5. The van der Waals surface area contributed by atoms with Crippen LogP contribution >= 0.6 is 0 Å². The zero-order valence-corrected chi connectivity index (χ0v) is 12.6. The van der Waals surface area contributed by atoms with Gasteiger partial charge in [0, 0.05) is 17.7 Å². The van der Waals surface area contributed by atoms with Crippen LogP contribution in [0.4, 0.5) is 0 Å². The topological polar surface area (TPSA) is 55.6 Å². The van der Waals surface area contributed by atoms with Gasteiger partial charge < -0.3 is 15.4 Å². The summed E-state index contributed by atoms with van der Waals surface area (Å²) in [6.07, 6.45) is 0.991. The minimum Gasteiger partial charge on any atom is -0.375 e. The zero-order chi connectivity index (χ0) is 15.2. The molecule has 0 radical (unpaired) electrons. The second-order valence-electron chi connectivity index (χ2n) is 5.25. The highest BCUT2D eigenvalue weighted by molar-refractivity contribution is 5.94. The molecule has 1 fully saturated rings. The number of nitrogens with zero attached hydrogens (tertiary/aromatic N) is 1. The highest BCUT2D eigenvalue weighted by Crippen LogP contribution is 2.18. The number of benzene rings is 1. The summed E-state index contributed by atoms with van der Waals surface area (Å²) in [6, 6.07) is 7.54. The third kappa shape index (κ3) is 3.84. The monoisotopic (exact) mass is 286 g/mol. The van der Waals surface area contributed by atoms with Gasteiger partial charge in [-0.15, -0.1) is 0 Å². The predicted octanol–water partition coefficient (Wildman–Crippen LogP) is 1.64. The third-order valence-electron chi connectivity index (χ3n) is 3.67. The maximum absolute atomic E-state index is 12.7. The molecular weight excluding hydrogens is 264 g/mol. The van der Waals surface area contributed by atoms with Crippen molar-refractivity contribution in [1.29, 1.82) is 0 Å². The summed E-state index contributed by atoms with van der Waals surface area (Å²) in [6.45, 7) is 5.67. The van der Waals surface area contributed by atoms with Crippen molar-refractivity contribution in [2.45, 2.75) is 32.4 Å². The minimum atomic E-state index is 0.0651. The Morgan fingerprint density at radius 3 is 2.76 bits per heavy atom. The zero-order valence-electron chi connectivity index (χ0n) is 12.6. The van der Waals surface area contributed by atoms with E-state index in [1.54, 1.807) is 0 Å². The number of carbonyl (C=O) groups is 1. The van der Waals surface area contributed by atoms with Gasteiger partial charge >= 0.3 is 0 Å². The Kier molecular flexibility index (Phi) is 5.38. The van der Waals surface area contributed by atoms with Crippen molar-refractivity contribution in [3.05, 3.63) is 35.4 Å². The van der Waals surface area contributed by atoms with E-state index in [0.717, 1.165) is 12.0 Å². The molecule has 0 aliphatic carbocycles. The SMILES string of the molecule is CCC1COC(C)CN1C(=O)c1ccc(C#CCN)cc1. The van der Waals surface area contributed by atoms with Gasteiger partial charge in [0.2, 0.25) is 0 Å². The van der Waals surface area contributed by atoms with Gasteiger partial charge in [-0.2, -0.15) is 0 Å². The Labute approximate surface area is 126 Å². The van der Waals surface area contributed by atoms with Gasteiger partial charge in [0.15, 0.2) is 0 Å². The van der Waals surface area contributed by atoms with E-state index >= 15 is 0 Å². The summed E-state index contributed by atoms with van der Waals surface area (Å²) in [7, 11) is 0. The molecule has 2 N–H and O–H groups in total. The van der Waals surface area contributed by atoms with Crippen LogP contribution in [0.2, 0.25) is 0 Å². The maximum Gasteiger partial charge on any atom is 0.254 e. The van der Waals surface area contributed by atoms with Crippen LogP contribution < -0.4 is 5.73 Å². The lowest BCUT2D eigenvalue weighted by Crippen LogP contribution is -2.51. The van der Waals surface area contributed by atoms with Crippen molar-refractivity contribution in [1.82, 2.24) is 4.90 Å². The van der Waals surface area contributed by atoms with Crippen LogP contribution in [0.25, 0.3) is 0 Å². The van der Waals surface area contributed by atoms with Crippen LogP contribution in [0.15, 0.2) is 24.3 Å². The molecule has 1 aliphatic heterocycles. The molecule has 2 rings (SSSR count). The molecule has 2 atom stereocenters. The van der Waals surface area contributed by atoms with Gasteiger partial charge in [0.25, 0.3) is 5.91 Å². The maximum atomic E-state index is 12.7. The molecule has 1 aliphatic rings. The van der Waals surface area contributed by atoms with Crippen molar-refractivity contribution in [3.8, 4) is 11.8 Å². The first-order chi connectivity index (χ1) is 10.2. The lowest BCUT2D eigenvalue weighted by Gasteiger charge is -2.38. The van der Waals surface area contributed by atoms with Gasteiger partial charge in [-0.1, -0.05) is 18.8 Å². The van der Waals surface area contributed by atoms with E-state index in [1.165, 1.54) is 0 Å². The summed E-state index contributed by atoms with van der Waals surface area (Å²) in [5.41, 5.74) is 6.92. The number of hydrogen-bond donors (Lipinski definition) is 1. The van der Waals surface area contributed by atoms with E-state index in [9.17, 15) is 4.79 Å². The van der Waals surface area contributed by atoms with E-state index < -0.39 is 0 Å². The van der Waals surface area contributed by atoms with E-state index in [2.05, 4.69) is 18.8 Å². The Bertz CT molecular complexity index is 542. The molecular formula is C17H22N2O2. The van der Waals surface area contributed by atoms with Crippen LogP contribution in [0.3, 0.4) is 0 Å². The fourth-order valence-electron chi connectivity index (χ4n) is 2.45. The standard InChI is InChI=1S/C17H22N2O2/c1-3-16-12-21-13(2)11-19(16)17(20)15-8-6-14(7-9-15)5-4-10-18/h6-9,13,16H,3,10-12,18H2,1-2H3. The Balaban J connectivity index is 2.14. The molecule has 4 nitrogen and oxygen atoms in total. The summed E-state index contributed by atoms with van der Waals surface area (Å²) in [4.78, 5) is 14.6. The number of nitrogens with two attached hydrogens (primary N) is 1. The van der Waals surface area contributed by atoms with E-state index in [4.69, 9.17) is 10.5 Å². The number of rotatable bonds is 2. The molecule has 21 heavy (non-hydrogen) atoms. The molecule has 2 unspecified atom stereocenters. The number of ether oxygens (including phenoxy) is 1. The van der Waals surface area contributed by atoms with Crippen molar-refractivity contribution in [3.63, 3.8) is 0 Å². The smallest absolute Gasteiger partial charge is 0.254 e. The van der Waals surface area contributed by atoms with E-state index in [-0.39, 0.29) is 18.1 Å². The van der Waals surface area contributed by atoms with Crippen molar-refractivity contribution < 1.29 is 9.53 Å². The number of morpholine rings is 1. The molecule has 1 aromatic carbocycles. The Morgan fingerprint density at radius 1 is 1.43 bits per heavy atom. The molecule has 1 amide bonds. The molecule has 0 aromatic heterocycles. The Hall–Kier alpha value is -1.83. The first kappa shape index (κ1) is 15.6. The van der Waals surface area contributed by atoms with Gasteiger partial charge in [0.1, 0.15) is 0 Å². The summed E-state index contributed by atoms with van der Waals surface area (Å²) < 4.78 is 5.64. The first-order valence-corrected chi connectivity index (χ1v) is 7.37. The van der Waals surface area contributed by atoms with E-state index in [0.29, 0.717) is 25.3 Å². The largest absolute Gasteiger partial charge is 0.375 e. The highest BCUT2D eigenvalue weighted by Gasteiger charge is 2.29. The van der Waals surface area contributed by atoms with Crippen molar-refractivity contribution >= 4 is 5.91 Å². The fraction of sp³-hybridized carbons (Fsp3) is 0.471.